The molecule has 2 aliphatic heterocycles. The molecule has 4 nitrogen and oxygen atoms in total. The fourth-order valence-corrected chi connectivity index (χ4v) is 2.50. The molecule has 5 heteroatoms. The third-order valence-electron chi connectivity index (χ3n) is 2.67. The zero-order valence-corrected chi connectivity index (χ0v) is 9.06. The van der Waals surface area contributed by atoms with Gasteiger partial charge in [-0.15, -0.1) is 0 Å². The number of nitrogens with zero attached hydrogens (tertiary/aromatic N) is 1. The van der Waals surface area contributed by atoms with Crippen molar-refractivity contribution in [3.8, 4) is 0 Å². The number of thioether (sulfide) groups is 1. The summed E-state index contributed by atoms with van der Waals surface area (Å²) in [6, 6.07) is 0. The van der Waals surface area contributed by atoms with E-state index < -0.39 is 0 Å². The Hall–Kier alpha value is -0.550. The molecular formula is C9H15N3OS. The maximum atomic E-state index is 11.8. The number of amidine groups is 1. The van der Waals surface area contributed by atoms with E-state index >= 15 is 0 Å². The molecule has 1 fully saturated rings. The number of nitrogens with one attached hydrogen (secondary N) is 2. The van der Waals surface area contributed by atoms with Gasteiger partial charge in [0.2, 0.25) is 5.91 Å². The summed E-state index contributed by atoms with van der Waals surface area (Å²) in [5.41, 5.74) is 0. The van der Waals surface area contributed by atoms with Gasteiger partial charge in [0, 0.05) is 12.3 Å². The minimum Gasteiger partial charge on any atom is -0.316 e. The molecule has 0 aromatic heterocycles. The van der Waals surface area contributed by atoms with Gasteiger partial charge >= 0.3 is 0 Å². The van der Waals surface area contributed by atoms with Gasteiger partial charge in [0.25, 0.3) is 0 Å². The van der Waals surface area contributed by atoms with Crippen molar-refractivity contribution in [3.05, 3.63) is 0 Å². The number of amides is 1. The molecule has 0 bridgehead atoms. The van der Waals surface area contributed by atoms with Crippen molar-refractivity contribution in [2.45, 2.75) is 6.92 Å². The Morgan fingerprint density at radius 1 is 1.64 bits per heavy atom. The molecule has 2 heterocycles. The van der Waals surface area contributed by atoms with Crippen LogP contribution in [0, 0.1) is 11.8 Å². The van der Waals surface area contributed by atoms with Crippen LogP contribution in [0.15, 0.2) is 4.99 Å². The van der Waals surface area contributed by atoms with E-state index in [0.29, 0.717) is 5.92 Å². The number of aliphatic imine (C=N–C) groups is 1. The highest BCUT2D eigenvalue weighted by Crippen LogP contribution is 2.17. The molecule has 0 radical (unpaired) electrons. The van der Waals surface area contributed by atoms with Gasteiger partial charge in [-0.1, -0.05) is 18.7 Å². The summed E-state index contributed by atoms with van der Waals surface area (Å²) in [7, 11) is 0. The van der Waals surface area contributed by atoms with Crippen molar-refractivity contribution in [1.82, 2.24) is 10.6 Å². The van der Waals surface area contributed by atoms with Crippen LogP contribution in [-0.2, 0) is 4.79 Å². The van der Waals surface area contributed by atoms with Gasteiger partial charge in [-0.3, -0.25) is 9.79 Å². The lowest BCUT2D eigenvalue weighted by atomic mass is 9.97. The maximum absolute atomic E-state index is 11.8. The fourth-order valence-electron chi connectivity index (χ4n) is 1.77. The van der Waals surface area contributed by atoms with Crippen LogP contribution in [0.3, 0.4) is 0 Å². The van der Waals surface area contributed by atoms with Crippen LogP contribution in [0.25, 0.3) is 0 Å². The van der Waals surface area contributed by atoms with E-state index in [1.165, 1.54) is 0 Å². The summed E-state index contributed by atoms with van der Waals surface area (Å²) in [5, 5.41) is 6.91. The van der Waals surface area contributed by atoms with Crippen LogP contribution in [0.4, 0.5) is 0 Å². The molecule has 2 rings (SSSR count). The third kappa shape index (κ3) is 2.09. The first-order valence-electron chi connectivity index (χ1n) is 4.96. The normalized spacial score (nSPS) is 31.6. The molecule has 0 spiro atoms. The second kappa shape index (κ2) is 4.31. The van der Waals surface area contributed by atoms with E-state index in [0.717, 1.165) is 30.6 Å². The van der Waals surface area contributed by atoms with E-state index in [1.807, 2.05) is 0 Å². The average molecular weight is 213 g/mol. The van der Waals surface area contributed by atoms with Crippen LogP contribution in [0.2, 0.25) is 0 Å². The monoisotopic (exact) mass is 213 g/mol. The molecule has 78 valence electrons. The Kier molecular flexibility index (Phi) is 3.08. The highest BCUT2D eigenvalue weighted by molar-refractivity contribution is 8.14. The molecule has 1 saturated heterocycles. The topological polar surface area (TPSA) is 53.5 Å². The standard InChI is InChI=1S/C9H15N3OS/c1-6-4-10-5-7(6)8(13)12-9-11-2-3-14-9/h6-7,10H,2-5H2,1H3,(H,11,12,13)/t6-,7-/m1/s1. The third-order valence-corrected chi connectivity index (χ3v) is 3.56. The van der Waals surface area contributed by atoms with E-state index in [4.69, 9.17) is 0 Å². The van der Waals surface area contributed by atoms with Crippen LogP contribution in [-0.4, -0.2) is 36.5 Å². The molecule has 1 amide bonds. The molecule has 0 aromatic rings. The minimum absolute atomic E-state index is 0.110. The Labute approximate surface area is 87.9 Å². The molecule has 2 atom stereocenters. The summed E-state index contributed by atoms with van der Waals surface area (Å²) in [6.45, 7) is 4.68. The quantitative estimate of drug-likeness (QED) is 0.647. The van der Waals surface area contributed by atoms with Crippen LogP contribution in [0.1, 0.15) is 6.92 Å². The average Bonchev–Trinajstić information content (AvgIpc) is 2.75. The van der Waals surface area contributed by atoms with Gasteiger partial charge in [0.1, 0.15) is 0 Å². The molecule has 0 aliphatic carbocycles. The van der Waals surface area contributed by atoms with Crippen molar-refractivity contribution in [2.75, 3.05) is 25.4 Å². The van der Waals surface area contributed by atoms with Crippen molar-refractivity contribution >= 4 is 22.8 Å². The van der Waals surface area contributed by atoms with Gasteiger partial charge in [-0.2, -0.15) is 0 Å². The van der Waals surface area contributed by atoms with E-state index in [-0.39, 0.29) is 11.8 Å². The van der Waals surface area contributed by atoms with Gasteiger partial charge < -0.3 is 10.6 Å². The number of hydrogen-bond acceptors (Lipinski definition) is 4. The Balaban J connectivity index is 1.88. The highest BCUT2D eigenvalue weighted by atomic mass is 32.2. The molecular weight excluding hydrogens is 198 g/mol. The zero-order chi connectivity index (χ0) is 9.97. The molecule has 2 N–H and O–H groups in total. The predicted octanol–water partition coefficient (Wildman–Crippen LogP) is 0.0609. The van der Waals surface area contributed by atoms with Crippen molar-refractivity contribution in [2.24, 2.45) is 16.8 Å². The SMILES string of the molecule is C[C@@H]1CNC[C@H]1C(=O)NC1=NCCS1. The summed E-state index contributed by atoms with van der Waals surface area (Å²) in [4.78, 5) is 16.0. The Morgan fingerprint density at radius 2 is 2.50 bits per heavy atom. The van der Waals surface area contributed by atoms with E-state index in [1.54, 1.807) is 11.8 Å². The lowest BCUT2D eigenvalue weighted by Crippen LogP contribution is -2.36. The van der Waals surface area contributed by atoms with Crippen molar-refractivity contribution < 1.29 is 4.79 Å². The van der Waals surface area contributed by atoms with Crippen LogP contribution >= 0.6 is 11.8 Å². The zero-order valence-electron chi connectivity index (χ0n) is 8.25. The Bertz CT molecular complexity index is 267. The molecule has 0 saturated carbocycles. The van der Waals surface area contributed by atoms with Gasteiger partial charge in [0.05, 0.1) is 12.5 Å². The van der Waals surface area contributed by atoms with Crippen LogP contribution in [0.5, 0.6) is 0 Å². The van der Waals surface area contributed by atoms with Crippen LogP contribution < -0.4 is 10.6 Å². The van der Waals surface area contributed by atoms with E-state index in [2.05, 4.69) is 22.5 Å². The first-order valence-corrected chi connectivity index (χ1v) is 5.95. The smallest absolute Gasteiger partial charge is 0.230 e. The second-order valence-electron chi connectivity index (χ2n) is 3.77. The summed E-state index contributed by atoms with van der Waals surface area (Å²) in [5.74, 6) is 1.66. The number of carbonyl (C=O) groups is 1. The molecule has 2 aliphatic rings. The number of carbonyl (C=O) groups excluding carboxylic acids is 1. The fraction of sp³-hybridized carbons (Fsp3) is 0.778. The van der Waals surface area contributed by atoms with E-state index in [9.17, 15) is 4.79 Å². The number of hydrogen-bond donors (Lipinski definition) is 2. The highest BCUT2D eigenvalue weighted by Gasteiger charge is 2.30. The number of rotatable bonds is 1. The molecule has 14 heavy (non-hydrogen) atoms. The van der Waals surface area contributed by atoms with Crippen molar-refractivity contribution in [1.29, 1.82) is 0 Å². The molecule has 0 unspecified atom stereocenters. The predicted molar refractivity (Wildman–Crippen MR) is 58.4 cm³/mol. The first kappa shape index (κ1) is 9.98. The second-order valence-corrected chi connectivity index (χ2v) is 4.85. The summed E-state index contributed by atoms with van der Waals surface area (Å²) < 4.78 is 0. The lowest BCUT2D eigenvalue weighted by molar-refractivity contribution is -0.123. The first-order chi connectivity index (χ1) is 6.77. The van der Waals surface area contributed by atoms with Crippen molar-refractivity contribution in [3.63, 3.8) is 0 Å². The Morgan fingerprint density at radius 3 is 3.07 bits per heavy atom. The maximum Gasteiger partial charge on any atom is 0.230 e. The minimum atomic E-state index is 0.110. The largest absolute Gasteiger partial charge is 0.316 e. The van der Waals surface area contributed by atoms with Gasteiger partial charge in [0.15, 0.2) is 5.17 Å². The lowest BCUT2D eigenvalue weighted by Gasteiger charge is -2.13. The van der Waals surface area contributed by atoms with Gasteiger partial charge in [-0.25, -0.2) is 0 Å². The molecule has 0 aromatic carbocycles. The summed E-state index contributed by atoms with van der Waals surface area (Å²) in [6.07, 6.45) is 0. The summed E-state index contributed by atoms with van der Waals surface area (Å²) >= 11 is 1.63. The van der Waals surface area contributed by atoms with Gasteiger partial charge in [-0.05, 0) is 12.5 Å².